The summed E-state index contributed by atoms with van der Waals surface area (Å²) in [7, 11) is 0. The summed E-state index contributed by atoms with van der Waals surface area (Å²) in [5, 5.41) is 3.71. The Kier molecular flexibility index (Phi) is 2.01. The molecule has 1 heterocycles. The minimum atomic E-state index is 0.704. The summed E-state index contributed by atoms with van der Waals surface area (Å²) in [6, 6.07) is 7.56. The topological polar surface area (TPSA) is 12.0 Å². The maximum absolute atomic E-state index is 3.71. The van der Waals surface area contributed by atoms with Crippen LogP contribution in [0.3, 0.4) is 0 Å². The van der Waals surface area contributed by atoms with Gasteiger partial charge in [-0.25, -0.2) is 0 Å². The average molecular weight is 201 g/mol. The Morgan fingerprint density at radius 2 is 2.13 bits per heavy atom. The Labute approximate surface area is 91.9 Å². The largest absolute Gasteiger partial charge is 0.381 e. The van der Waals surface area contributed by atoms with Gasteiger partial charge in [-0.15, -0.1) is 0 Å². The van der Waals surface area contributed by atoms with Crippen molar-refractivity contribution in [2.45, 2.75) is 45.1 Å². The molecule has 0 spiro atoms. The van der Waals surface area contributed by atoms with Crippen molar-refractivity contribution in [1.29, 1.82) is 0 Å². The zero-order valence-corrected chi connectivity index (χ0v) is 9.59. The van der Waals surface area contributed by atoms with Crippen molar-refractivity contribution in [1.82, 2.24) is 0 Å². The van der Waals surface area contributed by atoms with E-state index in [0.29, 0.717) is 6.04 Å². The van der Waals surface area contributed by atoms with Gasteiger partial charge in [0.15, 0.2) is 0 Å². The van der Waals surface area contributed by atoms with E-state index >= 15 is 0 Å². The molecule has 1 aliphatic carbocycles. The number of anilines is 1. The maximum atomic E-state index is 3.71. The molecule has 15 heavy (non-hydrogen) atoms. The van der Waals surface area contributed by atoms with Crippen LogP contribution < -0.4 is 5.32 Å². The summed E-state index contributed by atoms with van der Waals surface area (Å²) in [5.74, 6) is 1.61. The van der Waals surface area contributed by atoms with Crippen molar-refractivity contribution in [2.75, 3.05) is 5.32 Å². The number of hydrogen-bond acceptors (Lipinski definition) is 1. The SMILES string of the molecule is Cc1ccc2c(c1)C1CCCC(C)C1N2. The second-order valence-electron chi connectivity index (χ2n) is 5.28. The standard InChI is InChI=1S/C14H19N/c1-9-6-7-13-12(8-9)11-5-3-4-10(2)14(11)15-13/h6-8,10-11,14-15H,3-5H2,1-2H3. The van der Waals surface area contributed by atoms with Gasteiger partial charge >= 0.3 is 0 Å². The molecule has 2 aliphatic rings. The van der Waals surface area contributed by atoms with Crippen LogP contribution >= 0.6 is 0 Å². The minimum absolute atomic E-state index is 0.704. The predicted molar refractivity (Wildman–Crippen MR) is 64.3 cm³/mol. The van der Waals surface area contributed by atoms with Crippen LogP contribution in [0, 0.1) is 12.8 Å². The first-order chi connectivity index (χ1) is 7.25. The molecule has 3 rings (SSSR count). The minimum Gasteiger partial charge on any atom is -0.381 e. The molecule has 1 aliphatic heterocycles. The molecule has 0 radical (unpaired) electrons. The first-order valence-electron chi connectivity index (χ1n) is 6.13. The lowest BCUT2D eigenvalue weighted by Gasteiger charge is -2.31. The molecule has 3 atom stereocenters. The summed E-state index contributed by atoms with van der Waals surface area (Å²) in [4.78, 5) is 0. The number of rotatable bonds is 0. The molecule has 1 aromatic rings. The van der Waals surface area contributed by atoms with Crippen LogP contribution in [-0.4, -0.2) is 6.04 Å². The van der Waals surface area contributed by atoms with Crippen molar-refractivity contribution in [3.8, 4) is 0 Å². The van der Waals surface area contributed by atoms with E-state index in [2.05, 4.69) is 37.4 Å². The second kappa shape index (κ2) is 3.26. The fraction of sp³-hybridized carbons (Fsp3) is 0.571. The Balaban J connectivity index is 2.01. The van der Waals surface area contributed by atoms with Crippen molar-refractivity contribution in [3.63, 3.8) is 0 Å². The predicted octanol–water partition coefficient (Wildman–Crippen LogP) is 3.69. The van der Waals surface area contributed by atoms with Crippen LogP contribution in [0.2, 0.25) is 0 Å². The third-order valence-corrected chi connectivity index (χ3v) is 4.15. The second-order valence-corrected chi connectivity index (χ2v) is 5.28. The number of hydrogen-bond donors (Lipinski definition) is 1. The summed E-state index contributed by atoms with van der Waals surface area (Å²) in [6.07, 6.45) is 4.16. The van der Waals surface area contributed by atoms with Crippen LogP contribution in [0.25, 0.3) is 0 Å². The summed E-state index contributed by atoms with van der Waals surface area (Å²) in [5.41, 5.74) is 4.37. The Morgan fingerprint density at radius 1 is 1.27 bits per heavy atom. The number of benzene rings is 1. The zero-order valence-electron chi connectivity index (χ0n) is 9.59. The van der Waals surface area contributed by atoms with Gasteiger partial charge in [-0.2, -0.15) is 0 Å². The quantitative estimate of drug-likeness (QED) is 0.675. The van der Waals surface area contributed by atoms with Gasteiger partial charge in [-0.3, -0.25) is 0 Å². The highest BCUT2D eigenvalue weighted by atomic mass is 15.0. The first-order valence-corrected chi connectivity index (χ1v) is 6.13. The van der Waals surface area contributed by atoms with Crippen LogP contribution in [-0.2, 0) is 0 Å². The third kappa shape index (κ3) is 1.37. The lowest BCUT2D eigenvalue weighted by molar-refractivity contribution is 0.322. The fourth-order valence-electron chi connectivity index (χ4n) is 3.31. The molecule has 0 aromatic heterocycles. The van der Waals surface area contributed by atoms with Crippen molar-refractivity contribution in [2.24, 2.45) is 5.92 Å². The monoisotopic (exact) mass is 201 g/mol. The maximum Gasteiger partial charge on any atom is 0.0379 e. The van der Waals surface area contributed by atoms with Gasteiger partial charge in [0.25, 0.3) is 0 Å². The highest BCUT2D eigenvalue weighted by Crippen LogP contribution is 2.45. The lowest BCUT2D eigenvalue weighted by Crippen LogP contribution is -2.31. The fourth-order valence-corrected chi connectivity index (χ4v) is 3.31. The molecule has 0 bridgehead atoms. The summed E-state index contributed by atoms with van der Waals surface area (Å²) < 4.78 is 0. The van der Waals surface area contributed by atoms with E-state index in [-0.39, 0.29) is 0 Å². The van der Waals surface area contributed by atoms with Gasteiger partial charge in [0.05, 0.1) is 0 Å². The Morgan fingerprint density at radius 3 is 3.00 bits per heavy atom. The van der Waals surface area contributed by atoms with E-state index < -0.39 is 0 Å². The molecule has 3 unspecified atom stereocenters. The molecule has 1 aromatic carbocycles. The number of fused-ring (bicyclic) bond motifs is 3. The molecule has 80 valence electrons. The smallest absolute Gasteiger partial charge is 0.0379 e. The number of nitrogens with one attached hydrogen (secondary N) is 1. The van der Waals surface area contributed by atoms with Crippen LogP contribution in [0.1, 0.15) is 43.2 Å². The van der Waals surface area contributed by atoms with Crippen molar-refractivity contribution >= 4 is 5.69 Å². The van der Waals surface area contributed by atoms with E-state index in [0.717, 1.165) is 11.8 Å². The first kappa shape index (κ1) is 9.26. The van der Waals surface area contributed by atoms with Crippen LogP contribution in [0.15, 0.2) is 18.2 Å². The third-order valence-electron chi connectivity index (χ3n) is 4.15. The normalized spacial score (nSPS) is 33.1. The van der Waals surface area contributed by atoms with Crippen LogP contribution in [0.5, 0.6) is 0 Å². The molecule has 1 N–H and O–H groups in total. The average Bonchev–Trinajstić information content (AvgIpc) is 2.58. The van der Waals surface area contributed by atoms with Gasteiger partial charge in [0.2, 0.25) is 0 Å². The van der Waals surface area contributed by atoms with Gasteiger partial charge in [-0.1, -0.05) is 31.0 Å². The molecule has 0 saturated heterocycles. The van der Waals surface area contributed by atoms with E-state index in [1.165, 1.54) is 30.5 Å². The van der Waals surface area contributed by atoms with Crippen molar-refractivity contribution in [3.05, 3.63) is 29.3 Å². The van der Waals surface area contributed by atoms with Crippen molar-refractivity contribution < 1.29 is 0 Å². The van der Waals surface area contributed by atoms with E-state index in [1.807, 2.05) is 0 Å². The summed E-state index contributed by atoms with van der Waals surface area (Å²) in [6.45, 7) is 4.59. The molecule has 1 heteroatoms. The molecular weight excluding hydrogens is 182 g/mol. The summed E-state index contributed by atoms with van der Waals surface area (Å²) >= 11 is 0. The van der Waals surface area contributed by atoms with E-state index in [1.54, 1.807) is 5.56 Å². The molecule has 1 saturated carbocycles. The number of aryl methyl sites for hydroxylation is 1. The van der Waals surface area contributed by atoms with Crippen LogP contribution in [0.4, 0.5) is 5.69 Å². The van der Waals surface area contributed by atoms with E-state index in [9.17, 15) is 0 Å². The Hall–Kier alpha value is -0.980. The molecule has 1 nitrogen and oxygen atoms in total. The zero-order chi connectivity index (χ0) is 10.4. The highest BCUT2D eigenvalue weighted by molar-refractivity contribution is 5.60. The van der Waals surface area contributed by atoms with Gasteiger partial charge in [0.1, 0.15) is 0 Å². The molecular formula is C14H19N. The lowest BCUT2D eigenvalue weighted by atomic mass is 9.77. The molecule has 1 fully saturated rings. The van der Waals surface area contributed by atoms with Gasteiger partial charge in [0, 0.05) is 17.6 Å². The van der Waals surface area contributed by atoms with Gasteiger partial charge < -0.3 is 5.32 Å². The highest BCUT2D eigenvalue weighted by Gasteiger charge is 2.37. The molecule has 0 amide bonds. The van der Waals surface area contributed by atoms with Gasteiger partial charge in [-0.05, 0) is 37.3 Å². The van der Waals surface area contributed by atoms with E-state index in [4.69, 9.17) is 0 Å². The Bertz CT molecular complexity index is 383.